The van der Waals surface area contributed by atoms with Gasteiger partial charge in [-0.1, -0.05) is 24.3 Å². The van der Waals surface area contributed by atoms with E-state index in [1.165, 1.54) is 6.07 Å². The fraction of sp³-hybridized carbons (Fsp3) is 0.182. The first-order chi connectivity index (χ1) is 13.4. The van der Waals surface area contributed by atoms with Crippen LogP contribution >= 0.6 is 0 Å². The SMILES string of the molecule is O=C(/C=C1\CCNc2cc(C(F)(F)F)ccc21)Cc1ccc2cccnc2c1. The molecule has 1 aliphatic heterocycles. The number of aromatic nitrogens is 1. The molecule has 0 unspecified atom stereocenters. The number of carbonyl (C=O) groups is 1. The van der Waals surface area contributed by atoms with Crippen LogP contribution < -0.4 is 5.32 Å². The highest BCUT2D eigenvalue weighted by Gasteiger charge is 2.31. The Labute approximate surface area is 159 Å². The summed E-state index contributed by atoms with van der Waals surface area (Å²) in [4.78, 5) is 16.9. The van der Waals surface area contributed by atoms with Crippen molar-refractivity contribution in [2.75, 3.05) is 11.9 Å². The van der Waals surface area contributed by atoms with E-state index in [2.05, 4.69) is 10.3 Å². The maximum Gasteiger partial charge on any atom is 0.416 e. The molecule has 4 rings (SSSR count). The molecule has 1 aliphatic rings. The molecule has 0 fully saturated rings. The Morgan fingerprint density at radius 1 is 1.14 bits per heavy atom. The van der Waals surface area contributed by atoms with Gasteiger partial charge in [-0.05, 0) is 47.9 Å². The van der Waals surface area contributed by atoms with Crippen molar-refractivity contribution >= 4 is 27.9 Å². The Kier molecular flexibility index (Phi) is 4.63. The molecule has 28 heavy (non-hydrogen) atoms. The molecule has 6 heteroatoms. The summed E-state index contributed by atoms with van der Waals surface area (Å²) in [5.74, 6) is -0.0852. The number of carbonyl (C=O) groups excluding carboxylic acids is 1. The smallest absolute Gasteiger partial charge is 0.384 e. The van der Waals surface area contributed by atoms with E-state index in [0.717, 1.165) is 34.2 Å². The van der Waals surface area contributed by atoms with E-state index in [-0.39, 0.29) is 12.2 Å². The van der Waals surface area contributed by atoms with Crippen LogP contribution in [0.5, 0.6) is 0 Å². The third kappa shape index (κ3) is 3.76. The summed E-state index contributed by atoms with van der Waals surface area (Å²) >= 11 is 0. The summed E-state index contributed by atoms with van der Waals surface area (Å²) < 4.78 is 38.8. The average molecular weight is 382 g/mol. The zero-order valence-electron chi connectivity index (χ0n) is 14.9. The highest BCUT2D eigenvalue weighted by molar-refractivity contribution is 6.00. The third-order valence-electron chi connectivity index (χ3n) is 4.79. The van der Waals surface area contributed by atoms with E-state index < -0.39 is 11.7 Å². The number of benzene rings is 2. The first kappa shape index (κ1) is 18.2. The zero-order valence-corrected chi connectivity index (χ0v) is 14.9. The number of halogens is 3. The van der Waals surface area contributed by atoms with Crippen molar-refractivity contribution in [2.45, 2.75) is 19.0 Å². The van der Waals surface area contributed by atoms with E-state index in [1.807, 2.05) is 30.3 Å². The number of hydrogen-bond donors (Lipinski definition) is 1. The van der Waals surface area contributed by atoms with Gasteiger partial charge in [0, 0.05) is 35.8 Å². The van der Waals surface area contributed by atoms with Crippen LogP contribution in [0.25, 0.3) is 16.5 Å². The van der Waals surface area contributed by atoms with Gasteiger partial charge in [0.1, 0.15) is 0 Å². The summed E-state index contributed by atoms with van der Waals surface area (Å²) in [6.45, 7) is 0.493. The molecular weight excluding hydrogens is 365 g/mol. The molecule has 0 radical (unpaired) electrons. The van der Waals surface area contributed by atoms with Crippen molar-refractivity contribution in [3.8, 4) is 0 Å². The van der Waals surface area contributed by atoms with Crippen LogP contribution in [0.15, 0.2) is 60.8 Å². The maximum atomic E-state index is 12.9. The molecular formula is C22H17F3N2O. The minimum absolute atomic E-state index is 0.0852. The Bertz CT molecular complexity index is 1090. The van der Waals surface area contributed by atoms with E-state index in [9.17, 15) is 18.0 Å². The molecule has 2 aromatic carbocycles. The lowest BCUT2D eigenvalue weighted by Crippen LogP contribution is -2.14. The van der Waals surface area contributed by atoms with E-state index in [1.54, 1.807) is 12.3 Å². The van der Waals surface area contributed by atoms with E-state index >= 15 is 0 Å². The van der Waals surface area contributed by atoms with Crippen LogP contribution in [0, 0.1) is 0 Å². The molecule has 3 nitrogen and oxygen atoms in total. The van der Waals surface area contributed by atoms with Gasteiger partial charge in [-0.15, -0.1) is 0 Å². The highest BCUT2D eigenvalue weighted by atomic mass is 19.4. The fourth-order valence-electron chi connectivity index (χ4n) is 3.43. The minimum Gasteiger partial charge on any atom is -0.384 e. The number of alkyl halides is 3. The van der Waals surface area contributed by atoms with Crippen molar-refractivity contribution in [1.82, 2.24) is 4.98 Å². The van der Waals surface area contributed by atoms with Crippen molar-refractivity contribution in [3.05, 3.63) is 77.5 Å². The van der Waals surface area contributed by atoms with Crippen molar-refractivity contribution < 1.29 is 18.0 Å². The number of nitrogens with one attached hydrogen (secondary N) is 1. The monoisotopic (exact) mass is 382 g/mol. The molecule has 142 valence electrons. The first-order valence-corrected chi connectivity index (χ1v) is 8.93. The van der Waals surface area contributed by atoms with Crippen LogP contribution in [0.1, 0.15) is 23.1 Å². The number of ketones is 1. The Balaban J connectivity index is 1.58. The van der Waals surface area contributed by atoms with Gasteiger partial charge in [0.05, 0.1) is 11.1 Å². The summed E-state index contributed by atoms with van der Waals surface area (Å²) in [5, 5.41) is 3.99. The predicted octanol–water partition coefficient (Wildman–Crippen LogP) is 5.26. The standard InChI is InChI=1S/C22H17F3N2O/c23-22(24,25)17-5-6-19-16(7-9-27-21(19)13-17)12-18(28)10-14-3-4-15-2-1-8-26-20(15)11-14/h1-6,8,11-13,27H,7,9-10H2/b16-12+. The number of hydrogen-bond acceptors (Lipinski definition) is 3. The lowest BCUT2D eigenvalue weighted by atomic mass is 9.93. The molecule has 0 amide bonds. The number of fused-ring (bicyclic) bond motifs is 2. The minimum atomic E-state index is -4.39. The average Bonchev–Trinajstić information content (AvgIpc) is 2.67. The summed E-state index contributed by atoms with van der Waals surface area (Å²) in [5.41, 5.74) is 2.80. The number of anilines is 1. The Morgan fingerprint density at radius 2 is 2.00 bits per heavy atom. The van der Waals surface area contributed by atoms with Crippen LogP contribution in [-0.2, 0) is 17.4 Å². The lowest BCUT2D eigenvalue weighted by molar-refractivity contribution is -0.137. The first-order valence-electron chi connectivity index (χ1n) is 8.93. The zero-order chi connectivity index (χ0) is 19.7. The predicted molar refractivity (Wildman–Crippen MR) is 103 cm³/mol. The number of rotatable bonds is 3. The van der Waals surface area contributed by atoms with Crippen LogP contribution in [0.3, 0.4) is 0 Å². The quantitative estimate of drug-likeness (QED) is 0.628. The van der Waals surface area contributed by atoms with Gasteiger partial charge in [-0.25, -0.2) is 0 Å². The molecule has 3 aromatic rings. The summed E-state index contributed by atoms with van der Waals surface area (Å²) in [6.07, 6.45) is -0.326. The summed E-state index contributed by atoms with van der Waals surface area (Å²) in [6, 6.07) is 13.1. The van der Waals surface area contributed by atoms with Crippen molar-refractivity contribution in [3.63, 3.8) is 0 Å². The van der Waals surface area contributed by atoms with Gasteiger partial charge in [-0.3, -0.25) is 9.78 Å². The normalized spacial score (nSPS) is 15.3. The van der Waals surface area contributed by atoms with Gasteiger partial charge < -0.3 is 5.32 Å². The molecule has 0 saturated heterocycles. The molecule has 0 atom stereocenters. The molecule has 2 heterocycles. The summed E-state index contributed by atoms with van der Waals surface area (Å²) in [7, 11) is 0. The Morgan fingerprint density at radius 3 is 2.82 bits per heavy atom. The molecule has 0 aliphatic carbocycles. The van der Waals surface area contributed by atoms with Crippen LogP contribution in [0.4, 0.5) is 18.9 Å². The maximum absolute atomic E-state index is 12.9. The highest BCUT2D eigenvalue weighted by Crippen LogP contribution is 2.37. The van der Waals surface area contributed by atoms with Gasteiger partial charge in [0.25, 0.3) is 0 Å². The topological polar surface area (TPSA) is 42.0 Å². The van der Waals surface area contributed by atoms with Crippen LogP contribution in [0.2, 0.25) is 0 Å². The van der Waals surface area contributed by atoms with E-state index in [4.69, 9.17) is 0 Å². The fourth-order valence-corrected chi connectivity index (χ4v) is 3.43. The van der Waals surface area contributed by atoms with Gasteiger partial charge in [-0.2, -0.15) is 13.2 Å². The second-order valence-corrected chi connectivity index (χ2v) is 6.78. The third-order valence-corrected chi connectivity index (χ3v) is 4.79. The van der Waals surface area contributed by atoms with Crippen molar-refractivity contribution in [1.29, 1.82) is 0 Å². The lowest BCUT2D eigenvalue weighted by Gasteiger charge is -2.22. The van der Waals surface area contributed by atoms with E-state index in [0.29, 0.717) is 24.2 Å². The largest absolute Gasteiger partial charge is 0.416 e. The van der Waals surface area contributed by atoms with Crippen molar-refractivity contribution in [2.24, 2.45) is 0 Å². The molecule has 1 N–H and O–H groups in total. The number of nitrogens with zero attached hydrogens (tertiary/aromatic N) is 1. The molecule has 0 bridgehead atoms. The second kappa shape index (κ2) is 7.11. The number of allylic oxidation sites excluding steroid dienone is 1. The van der Waals surface area contributed by atoms with Gasteiger partial charge >= 0.3 is 6.18 Å². The molecule has 0 spiro atoms. The second-order valence-electron chi connectivity index (χ2n) is 6.78. The molecule has 1 aromatic heterocycles. The van der Waals surface area contributed by atoms with Crippen LogP contribution in [-0.4, -0.2) is 17.3 Å². The van der Waals surface area contributed by atoms with Gasteiger partial charge in [0.15, 0.2) is 5.78 Å². The van der Waals surface area contributed by atoms with Gasteiger partial charge in [0.2, 0.25) is 0 Å². The molecule has 0 saturated carbocycles. The Hall–Kier alpha value is -3.15. The number of pyridine rings is 1.